The van der Waals surface area contributed by atoms with E-state index in [2.05, 4.69) is 45.4 Å². The molecule has 2 unspecified atom stereocenters. The Morgan fingerprint density at radius 2 is 2.42 bits per heavy atom. The van der Waals surface area contributed by atoms with E-state index in [0.29, 0.717) is 6.04 Å². The molecule has 0 bridgehead atoms. The minimum atomic E-state index is 0.427. The van der Waals surface area contributed by atoms with Crippen molar-refractivity contribution in [1.82, 2.24) is 20.2 Å². The monoisotopic (exact) mass is 258 g/mol. The Morgan fingerprint density at radius 1 is 1.53 bits per heavy atom. The van der Waals surface area contributed by atoms with Crippen molar-refractivity contribution in [3.63, 3.8) is 0 Å². The summed E-state index contributed by atoms with van der Waals surface area (Å²) in [7, 11) is 4.09. The van der Waals surface area contributed by atoms with E-state index >= 15 is 0 Å². The molecule has 0 amide bonds. The maximum atomic E-state index is 4.45. The number of rotatable bonds is 4. The molecular formula is C15H22N4. The molecule has 0 saturated carbocycles. The number of nitrogens with zero attached hydrogens (tertiary/aromatic N) is 2. The molecule has 1 aliphatic rings. The third kappa shape index (κ3) is 2.51. The number of benzene rings is 1. The summed E-state index contributed by atoms with van der Waals surface area (Å²) in [6.07, 6.45) is 4.37. The van der Waals surface area contributed by atoms with Crippen molar-refractivity contribution in [1.29, 1.82) is 0 Å². The van der Waals surface area contributed by atoms with E-state index in [-0.39, 0.29) is 0 Å². The van der Waals surface area contributed by atoms with Crippen LogP contribution < -0.4 is 10.6 Å². The molecule has 1 saturated heterocycles. The van der Waals surface area contributed by atoms with Crippen LogP contribution >= 0.6 is 0 Å². The predicted octanol–water partition coefficient (Wildman–Crippen LogP) is 1.83. The zero-order chi connectivity index (χ0) is 13.2. The van der Waals surface area contributed by atoms with Gasteiger partial charge in [0.2, 0.25) is 0 Å². The molecular weight excluding hydrogens is 236 g/mol. The molecule has 4 nitrogen and oxygen atoms in total. The molecule has 1 fully saturated rings. The van der Waals surface area contributed by atoms with Crippen molar-refractivity contribution in [2.45, 2.75) is 18.9 Å². The standard InChI is InChI=1S/C15H22N4/c1-16-13(7-11-5-6-17-9-11)12-3-4-15-14(8-12)18-10-19(15)2/h3-4,8,10-11,13,16-17H,5-7,9H2,1-2H3. The molecule has 3 rings (SSSR count). The first-order chi connectivity index (χ1) is 9.28. The van der Waals surface area contributed by atoms with Crippen molar-refractivity contribution in [3.8, 4) is 0 Å². The molecule has 0 spiro atoms. The predicted molar refractivity (Wildman–Crippen MR) is 78.1 cm³/mol. The van der Waals surface area contributed by atoms with Gasteiger partial charge >= 0.3 is 0 Å². The highest BCUT2D eigenvalue weighted by atomic mass is 15.0. The number of hydrogen-bond acceptors (Lipinski definition) is 3. The van der Waals surface area contributed by atoms with Crippen LogP contribution in [0.3, 0.4) is 0 Å². The molecule has 102 valence electrons. The molecule has 1 aromatic carbocycles. The largest absolute Gasteiger partial charge is 0.334 e. The Balaban J connectivity index is 1.83. The quantitative estimate of drug-likeness (QED) is 0.879. The highest BCUT2D eigenvalue weighted by Gasteiger charge is 2.20. The fraction of sp³-hybridized carbons (Fsp3) is 0.533. The normalized spacial score (nSPS) is 21.1. The van der Waals surface area contributed by atoms with Crippen LogP contribution in [-0.2, 0) is 7.05 Å². The van der Waals surface area contributed by atoms with E-state index in [1.54, 1.807) is 0 Å². The van der Waals surface area contributed by atoms with E-state index in [9.17, 15) is 0 Å². The second-order valence-corrected chi connectivity index (χ2v) is 5.54. The van der Waals surface area contributed by atoms with Gasteiger partial charge in [0.1, 0.15) is 0 Å². The van der Waals surface area contributed by atoms with E-state index in [1.807, 2.05) is 13.4 Å². The van der Waals surface area contributed by atoms with Gasteiger partial charge in [0.15, 0.2) is 0 Å². The lowest BCUT2D eigenvalue weighted by Gasteiger charge is -2.20. The van der Waals surface area contributed by atoms with Crippen molar-refractivity contribution >= 4 is 11.0 Å². The molecule has 4 heteroatoms. The van der Waals surface area contributed by atoms with Gasteiger partial charge in [0, 0.05) is 13.1 Å². The van der Waals surface area contributed by atoms with Crippen LogP contribution in [0.15, 0.2) is 24.5 Å². The van der Waals surface area contributed by atoms with Crippen molar-refractivity contribution in [2.75, 3.05) is 20.1 Å². The van der Waals surface area contributed by atoms with Gasteiger partial charge in [-0.25, -0.2) is 4.98 Å². The first-order valence-corrected chi connectivity index (χ1v) is 7.07. The minimum Gasteiger partial charge on any atom is -0.334 e. The lowest BCUT2D eigenvalue weighted by atomic mass is 9.94. The van der Waals surface area contributed by atoms with Crippen molar-refractivity contribution < 1.29 is 0 Å². The molecule has 2 atom stereocenters. The van der Waals surface area contributed by atoms with Crippen LogP contribution in [0, 0.1) is 5.92 Å². The lowest BCUT2D eigenvalue weighted by Crippen LogP contribution is -2.21. The lowest BCUT2D eigenvalue weighted by molar-refractivity contribution is 0.430. The number of imidazole rings is 1. The van der Waals surface area contributed by atoms with Gasteiger partial charge in [-0.3, -0.25) is 0 Å². The SMILES string of the molecule is CNC(CC1CCNC1)c1ccc2c(c1)ncn2C. The van der Waals surface area contributed by atoms with Gasteiger partial charge in [0.05, 0.1) is 17.4 Å². The highest BCUT2D eigenvalue weighted by molar-refractivity contribution is 5.76. The van der Waals surface area contributed by atoms with Crippen LogP contribution in [-0.4, -0.2) is 29.7 Å². The van der Waals surface area contributed by atoms with Gasteiger partial charge in [-0.15, -0.1) is 0 Å². The van der Waals surface area contributed by atoms with Crippen molar-refractivity contribution in [2.24, 2.45) is 13.0 Å². The summed E-state index contributed by atoms with van der Waals surface area (Å²) in [4.78, 5) is 4.45. The smallest absolute Gasteiger partial charge is 0.0955 e. The van der Waals surface area contributed by atoms with Gasteiger partial charge in [-0.05, 0) is 56.6 Å². The van der Waals surface area contributed by atoms with Crippen LogP contribution in [0.25, 0.3) is 11.0 Å². The molecule has 2 aromatic rings. The van der Waals surface area contributed by atoms with Gasteiger partial charge in [-0.1, -0.05) is 6.07 Å². The van der Waals surface area contributed by atoms with Crippen LogP contribution in [0.5, 0.6) is 0 Å². The first kappa shape index (κ1) is 12.6. The number of hydrogen-bond donors (Lipinski definition) is 2. The Kier molecular flexibility index (Phi) is 3.53. The summed E-state index contributed by atoms with van der Waals surface area (Å²) < 4.78 is 2.06. The molecule has 2 heterocycles. The first-order valence-electron chi connectivity index (χ1n) is 7.07. The molecule has 1 aromatic heterocycles. The summed E-state index contributed by atoms with van der Waals surface area (Å²) in [6.45, 7) is 2.32. The fourth-order valence-electron chi connectivity index (χ4n) is 3.04. The summed E-state index contributed by atoms with van der Waals surface area (Å²) in [6, 6.07) is 7.05. The van der Waals surface area contributed by atoms with E-state index in [0.717, 1.165) is 18.0 Å². The average molecular weight is 258 g/mol. The minimum absolute atomic E-state index is 0.427. The van der Waals surface area contributed by atoms with Crippen LogP contribution in [0.1, 0.15) is 24.4 Å². The number of fused-ring (bicyclic) bond motifs is 1. The Morgan fingerprint density at radius 3 is 3.16 bits per heavy atom. The second-order valence-electron chi connectivity index (χ2n) is 5.54. The zero-order valence-corrected chi connectivity index (χ0v) is 11.7. The van der Waals surface area contributed by atoms with Crippen LogP contribution in [0.2, 0.25) is 0 Å². The van der Waals surface area contributed by atoms with Crippen LogP contribution in [0.4, 0.5) is 0 Å². The third-order valence-electron chi connectivity index (χ3n) is 4.23. The zero-order valence-electron chi connectivity index (χ0n) is 11.7. The molecule has 0 radical (unpaired) electrons. The summed E-state index contributed by atoms with van der Waals surface area (Å²) in [5.41, 5.74) is 3.63. The topological polar surface area (TPSA) is 41.9 Å². The Hall–Kier alpha value is -1.39. The number of nitrogens with one attached hydrogen (secondary N) is 2. The summed E-state index contributed by atoms with van der Waals surface area (Å²) in [5, 5.41) is 6.90. The third-order valence-corrected chi connectivity index (χ3v) is 4.23. The molecule has 1 aliphatic heterocycles. The number of aromatic nitrogens is 2. The molecule has 2 N–H and O–H groups in total. The van der Waals surface area contributed by atoms with Gasteiger partial charge < -0.3 is 15.2 Å². The molecule has 19 heavy (non-hydrogen) atoms. The van der Waals surface area contributed by atoms with Crippen molar-refractivity contribution in [3.05, 3.63) is 30.1 Å². The van der Waals surface area contributed by atoms with E-state index < -0.39 is 0 Å². The number of aryl methyl sites for hydroxylation is 1. The Bertz CT molecular complexity index is 554. The summed E-state index contributed by atoms with van der Waals surface area (Å²) in [5.74, 6) is 0.789. The average Bonchev–Trinajstić information content (AvgIpc) is 3.06. The highest BCUT2D eigenvalue weighted by Crippen LogP contribution is 2.26. The van der Waals surface area contributed by atoms with E-state index in [4.69, 9.17) is 0 Å². The Labute approximate surface area is 114 Å². The maximum Gasteiger partial charge on any atom is 0.0955 e. The second kappa shape index (κ2) is 5.31. The maximum absolute atomic E-state index is 4.45. The fourth-order valence-corrected chi connectivity index (χ4v) is 3.04. The molecule has 0 aliphatic carbocycles. The summed E-state index contributed by atoms with van der Waals surface area (Å²) >= 11 is 0. The van der Waals surface area contributed by atoms with Gasteiger partial charge in [0.25, 0.3) is 0 Å². The van der Waals surface area contributed by atoms with E-state index in [1.165, 1.54) is 30.5 Å². The van der Waals surface area contributed by atoms with Gasteiger partial charge in [-0.2, -0.15) is 0 Å².